The Kier molecular flexibility index (Phi) is 4.43. The van der Waals surface area contributed by atoms with Gasteiger partial charge in [0.05, 0.1) is 10.9 Å². The molecule has 150 valence electrons. The summed E-state index contributed by atoms with van der Waals surface area (Å²) in [5, 5.41) is 5.96. The standard InChI is InChI=1S/C28H22N2S/c29-28-30-26-23(16-18-9-10-19-5-1-3-7-21(19)15-18)13-14-25(26)27(31-28)24-12-11-20-6-2-4-8-22(20)17-24/h1-12,15-17,27H,13-14H2,(H2,29,30)/b23-16+. The van der Waals surface area contributed by atoms with Crippen molar-refractivity contribution >= 4 is 44.6 Å². The van der Waals surface area contributed by atoms with Gasteiger partial charge in [-0.1, -0.05) is 84.6 Å². The quantitative estimate of drug-likeness (QED) is 0.373. The van der Waals surface area contributed by atoms with Crippen LogP contribution in [-0.4, -0.2) is 5.17 Å². The average Bonchev–Trinajstić information content (AvgIpc) is 3.20. The van der Waals surface area contributed by atoms with E-state index >= 15 is 0 Å². The summed E-state index contributed by atoms with van der Waals surface area (Å²) < 4.78 is 0. The van der Waals surface area contributed by atoms with Crippen molar-refractivity contribution in [3.8, 4) is 0 Å². The van der Waals surface area contributed by atoms with Gasteiger partial charge in [-0.3, -0.25) is 0 Å². The van der Waals surface area contributed by atoms with Crippen LogP contribution in [0.3, 0.4) is 0 Å². The zero-order valence-electron chi connectivity index (χ0n) is 17.1. The topological polar surface area (TPSA) is 38.4 Å². The summed E-state index contributed by atoms with van der Waals surface area (Å²) >= 11 is 1.68. The lowest BCUT2D eigenvalue weighted by Crippen LogP contribution is -2.15. The zero-order valence-corrected chi connectivity index (χ0v) is 17.9. The first-order valence-electron chi connectivity index (χ1n) is 10.7. The molecule has 1 heterocycles. The Morgan fingerprint density at radius 3 is 2.23 bits per heavy atom. The molecule has 0 amide bonds. The first-order chi connectivity index (χ1) is 15.2. The number of rotatable bonds is 2. The van der Waals surface area contributed by atoms with Gasteiger partial charge < -0.3 is 5.73 Å². The van der Waals surface area contributed by atoms with Crippen molar-refractivity contribution in [2.75, 3.05) is 0 Å². The van der Waals surface area contributed by atoms with E-state index in [1.807, 2.05) is 0 Å². The Balaban J connectivity index is 1.41. The van der Waals surface area contributed by atoms with E-state index in [0.717, 1.165) is 18.5 Å². The van der Waals surface area contributed by atoms with Crippen LogP contribution >= 0.6 is 11.8 Å². The van der Waals surface area contributed by atoms with E-state index in [1.165, 1.54) is 43.8 Å². The fraction of sp³-hybridized carbons (Fsp3) is 0.107. The molecule has 0 spiro atoms. The van der Waals surface area contributed by atoms with Crippen molar-refractivity contribution in [2.45, 2.75) is 18.1 Å². The van der Waals surface area contributed by atoms with Crippen molar-refractivity contribution < 1.29 is 0 Å². The Morgan fingerprint density at radius 1 is 0.774 bits per heavy atom. The molecular formula is C28H22N2S. The van der Waals surface area contributed by atoms with E-state index in [0.29, 0.717) is 5.17 Å². The van der Waals surface area contributed by atoms with Crippen LogP contribution in [0, 0.1) is 0 Å². The van der Waals surface area contributed by atoms with Crippen LogP contribution in [0.4, 0.5) is 0 Å². The second-order valence-corrected chi connectivity index (χ2v) is 9.33. The van der Waals surface area contributed by atoms with Crippen molar-refractivity contribution in [2.24, 2.45) is 10.7 Å². The third-order valence-corrected chi connectivity index (χ3v) is 7.36. The lowest BCUT2D eigenvalue weighted by Gasteiger charge is -2.23. The maximum absolute atomic E-state index is 6.31. The zero-order chi connectivity index (χ0) is 20.8. The Morgan fingerprint density at radius 2 is 1.45 bits per heavy atom. The van der Waals surface area contributed by atoms with Crippen LogP contribution in [0.15, 0.2) is 107 Å². The number of hydrogen-bond acceptors (Lipinski definition) is 3. The highest BCUT2D eigenvalue weighted by atomic mass is 32.2. The molecule has 0 aromatic heterocycles. The fourth-order valence-corrected chi connectivity index (χ4v) is 5.76. The lowest BCUT2D eigenvalue weighted by molar-refractivity contribution is 0.950. The summed E-state index contributed by atoms with van der Waals surface area (Å²) in [6.45, 7) is 0. The van der Waals surface area contributed by atoms with Gasteiger partial charge in [0, 0.05) is 0 Å². The van der Waals surface area contributed by atoms with Gasteiger partial charge in [-0.15, -0.1) is 0 Å². The van der Waals surface area contributed by atoms with Crippen LogP contribution in [-0.2, 0) is 0 Å². The van der Waals surface area contributed by atoms with Crippen molar-refractivity contribution in [3.05, 3.63) is 113 Å². The summed E-state index contributed by atoms with van der Waals surface area (Å²) in [5.74, 6) is 0. The van der Waals surface area contributed by atoms with Gasteiger partial charge in [-0.05, 0) is 74.9 Å². The number of nitrogens with zero attached hydrogens (tertiary/aromatic N) is 1. The molecule has 0 radical (unpaired) electrons. The van der Waals surface area contributed by atoms with Gasteiger partial charge in [0.15, 0.2) is 5.17 Å². The maximum atomic E-state index is 6.31. The Hall–Kier alpha value is -3.30. The predicted molar refractivity (Wildman–Crippen MR) is 134 cm³/mol. The Labute approximate surface area is 186 Å². The summed E-state index contributed by atoms with van der Waals surface area (Å²) in [6.07, 6.45) is 4.34. The van der Waals surface area contributed by atoms with Gasteiger partial charge in [-0.2, -0.15) is 0 Å². The SMILES string of the molecule is NC1=NC2=C(CC/C2=C\c2ccc3ccccc3c2)C(c2ccc3ccccc3c2)S1. The number of amidine groups is 1. The van der Waals surface area contributed by atoms with Gasteiger partial charge in [0.1, 0.15) is 0 Å². The molecule has 6 rings (SSSR count). The monoisotopic (exact) mass is 418 g/mol. The molecule has 0 saturated heterocycles. The molecule has 1 atom stereocenters. The minimum Gasteiger partial charge on any atom is -0.378 e. The van der Waals surface area contributed by atoms with Crippen molar-refractivity contribution in [1.29, 1.82) is 0 Å². The molecule has 3 heteroatoms. The molecule has 2 aliphatic rings. The molecule has 31 heavy (non-hydrogen) atoms. The van der Waals surface area contributed by atoms with Crippen molar-refractivity contribution in [1.82, 2.24) is 0 Å². The number of benzene rings is 4. The van der Waals surface area contributed by atoms with Gasteiger partial charge in [-0.25, -0.2) is 4.99 Å². The molecule has 1 unspecified atom stereocenters. The van der Waals surface area contributed by atoms with E-state index in [-0.39, 0.29) is 5.25 Å². The van der Waals surface area contributed by atoms with Crippen LogP contribution in [0.25, 0.3) is 27.6 Å². The molecule has 0 bridgehead atoms. The van der Waals surface area contributed by atoms with E-state index in [9.17, 15) is 0 Å². The van der Waals surface area contributed by atoms with Crippen molar-refractivity contribution in [3.63, 3.8) is 0 Å². The smallest absolute Gasteiger partial charge is 0.160 e. The predicted octanol–water partition coefficient (Wildman–Crippen LogP) is 7.23. The first-order valence-corrected chi connectivity index (χ1v) is 11.5. The van der Waals surface area contributed by atoms with E-state index < -0.39 is 0 Å². The third-order valence-electron chi connectivity index (χ3n) is 6.24. The van der Waals surface area contributed by atoms with Crippen LogP contribution < -0.4 is 5.73 Å². The van der Waals surface area contributed by atoms with Gasteiger partial charge in [0.2, 0.25) is 0 Å². The molecule has 4 aromatic carbocycles. The van der Waals surface area contributed by atoms with E-state index in [2.05, 4.69) is 91.0 Å². The van der Waals surface area contributed by atoms with Crippen LogP contribution in [0.1, 0.15) is 29.2 Å². The number of thioether (sulfide) groups is 1. The summed E-state index contributed by atoms with van der Waals surface area (Å²) in [4.78, 5) is 4.79. The number of aliphatic imine (C=N–C) groups is 1. The summed E-state index contributed by atoms with van der Waals surface area (Å²) in [5.41, 5.74) is 12.6. The molecule has 2 N–H and O–H groups in total. The molecular weight excluding hydrogens is 396 g/mol. The van der Waals surface area contributed by atoms with Gasteiger partial charge in [0.25, 0.3) is 0 Å². The maximum Gasteiger partial charge on any atom is 0.160 e. The summed E-state index contributed by atoms with van der Waals surface area (Å²) in [7, 11) is 0. The molecule has 4 aromatic rings. The highest BCUT2D eigenvalue weighted by Crippen LogP contribution is 2.49. The van der Waals surface area contributed by atoms with E-state index in [4.69, 9.17) is 10.7 Å². The second-order valence-electron chi connectivity index (χ2n) is 8.20. The van der Waals surface area contributed by atoms with Gasteiger partial charge >= 0.3 is 0 Å². The molecule has 1 aliphatic carbocycles. The second kappa shape index (κ2) is 7.44. The first kappa shape index (κ1) is 18.5. The molecule has 0 saturated carbocycles. The highest BCUT2D eigenvalue weighted by Gasteiger charge is 2.32. The fourth-order valence-electron chi connectivity index (χ4n) is 4.72. The average molecular weight is 419 g/mol. The minimum atomic E-state index is 0.236. The normalized spacial score (nSPS) is 19.8. The number of fused-ring (bicyclic) bond motifs is 2. The lowest BCUT2D eigenvalue weighted by atomic mass is 9.99. The number of allylic oxidation sites excluding steroid dienone is 1. The van der Waals surface area contributed by atoms with Crippen LogP contribution in [0.5, 0.6) is 0 Å². The Bertz CT molecular complexity index is 1430. The van der Waals surface area contributed by atoms with E-state index in [1.54, 1.807) is 11.8 Å². The molecule has 0 fully saturated rings. The largest absolute Gasteiger partial charge is 0.378 e. The highest BCUT2D eigenvalue weighted by molar-refractivity contribution is 8.14. The summed E-state index contributed by atoms with van der Waals surface area (Å²) in [6, 6.07) is 30.4. The minimum absolute atomic E-state index is 0.236. The number of hydrogen-bond donors (Lipinski definition) is 1. The molecule has 1 aliphatic heterocycles. The molecule has 2 nitrogen and oxygen atoms in total. The number of nitrogens with two attached hydrogens (primary N) is 1. The third kappa shape index (κ3) is 3.35. The van der Waals surface area contributed by atoms with Crippen LogP contribution in [0.2, 0.25) is 0 Å².